The number of phosphoric ester groups is 2. The normalized spacial score (nSPS) is 16.2. The number of hydrogen-bond donors (Lipinski definition) is 5. The number of esters is 2. The van der Waals surface area contributed by atoms with E-state index >= 15 is 0 Å². The molecule has 0 saturated heterocycles. The van der Waals surface area contributed by atoms with Crippen molar-refractivity contribution in [1.29, 1.82) is 0 Å². The summed E-state index contributed by atoms with van der Waals surface area (Å²) in [5.41, 5.74) is 0. The molecule has 0 amide bonds. The van der Waals surface area contributed by atoms with E-state index in [2.05, 4.69) is 50.2 Å². The van der Waals surface area contributed by atoms with Gasteiger partial charge in [-0.1, -0.05) is 137 Å². The van der Waals surface area contributed by atoms with Crippen LogP contribution in [-0.4, -0.2) is 95.0 Å². The van der Waals surface area contributed by atoms with Crippen molar-refractivity contribution in [3.8, 4) is 0 Å². The predicted octanol–water partition coefficient (Wildman–Crippen LogP) is 8.60. The molecule has 17 heteroatoms. The van der Waals surface area contributed by atoms with E-state index in [1.165, 1.54) is 38.5 Å². The van der Waals surface area contributed by atoms with Crippen LogP contribution in [0.5, 0.6) is 0 Å². The standard InChI is InChI=1S/C43H72O15P2/c1-3-5-7-9-11-13-15-17-18-20-22-24-26-28-30-32-43(48)54-34-40(45)36-56-60(51,52)58-38-41(46)37-57-59(49,50)55-35-39(44)33-53-42(47)31-29-27-25-23-21-19-16-14-12-10-8-6-4-2/h5,7,9,11,13,15,17-22,25,27,39-41,44-46H,3-4,6,8,10,12,14,16,23-24,26,28-38H2,1-2H3,(H,49,50)(H,51,52)/b7-5+,11-9+,15-13-,18-17-,21-19-,22-20+,27-25+. The van der Waals surface area contributed by atoms with Crippen molar-refractivity contribution in [2.75, 3.05) is 39.6 Å². The van der Waals surface area contributed by atoms with Crippen LogP contribution in [0.25, 0.3) is 0 Å². The third-order valence-electron chi connectivity index (χ3n) is 7.98. The molecule has 0 bridgehead atoms. The maximum absolute atomic E-state index is 12.1. The number of ether oxygens (including phenoxy) is 2. The highest BCUT2D eigenvalue weighted by Gasteiger charge is 2.28. The second-order valence-corrected chi connectivity index (χ2v) is 16.6. The van der Waals surface area contributed by atoms with Crippen molar-refractivity contribution >= 4 is 27.6 Å². The first-order chi connectivity index (χ1) is 28.8. The van der Waals surface area contributed by atoms with Gasteiger partial charge in [-0.05, 0) is 51.4 Å². The number of carbonyl (C=O) groups is 2. The molecular weight excluding hydrogens is 818 g/mol. The van der Waals surface area contributed by atoms with Gasteiger partial charge in [0.2, 0.25) is 0 Å². The van der Waals surface area contributed by atoms with Crippen molar-refractivity contribution in [1.82, 2.24) is 0 Å². The summed E-state index contributed by atoms with van der Waals surface area (Å²) in [7, 11) is -9.60. The fourth-order valence-corrected chi connectivity index (χ4v) is 6.29. The Balaban J connectivity index is 4.05. The zero-order valence-electron chi connectivity index (χ0n) is 35.6. The summed E-state index contributed by atoms with van der Waals surface area (Å²) in [6.45, 7) is 0.0941. The van der Waals surface area contributed by atoms with Crippen LogP contribution in [0.3, 0.4) is 0 Å². The highest BCUT2D eigenvalue weighted by molar-refractivity contribution is 7.47. The Morgan fingerprint density at radius 2 is 0.867 bits per heavy atom. The van der Waals surface area contributed by atoms with Gasteiger partial charge in [-0.3, -0.25) is 27.7 Å². The molecule has 0 aliphatic heterocycles. The molecule has 0 aromatic rings. The number of aliphatic hydroxyl groups is 3. The van der Waals surface area contributed by atoms with Gasteiger partial charge in [0.25, 0.3) is 0 Å². The lowest BCUT2D eigenvalue weighted by atomic mass is 10.1. The summed E-state index contributed by atoms with van der Waals surface area (Å²) >= 11 is 0. The Bertz CT molecular complexity index is 1410. The Morgan fingerprint density at radius 3 is 1.38 bits per heavy atom. The Kier molecular flexibility index (Phi) is 37.3. The molecule has 60 heavy (non-hydrogen) atoms. The first-order valence-corrected chi connectivity index (χ1v) is 24.0. The minimum atomic E-state index is -4.80. The summed E-state index contributed by atoms with van der Waals surface area (Å²) in [5, 5.41) is 29.9. The lowest BCUT2D eigenvalue weighted by Crippen LogP contribution is -2.25. The topological polar surface area (TPSA) is 225 Å². The smallest absolute Gasteiger partial charge is 0.463 e. The number of unbranched alkanes of at least 4 members (excludes halogenated alkanes) is 9. The van der Waals surface area contributed by atoms with Gasteiger partial charge in [0.05, 0.1) is 26.4 Å². The summed E-state index contributed by atoms with van der Waals surface area (Å²) in [4.78, 5) is 43.5. The number of aliphatic hydroxyl groups excluding tert-OH is 3. The number of carbonyl (C=O) groups excluding carboxylic acids is 2. The molecule has 0 aliphatic rings. The SMILES string of the molecule is CC/C=C/C=C/C=C\C=C/C=C/CCCCCC(=O)OCC(O)COP(=O)(O)OCC(O)COP(=O)(O)OCC(O)COC(=O)CC/C=C/C/C=C\CCCCCCCC. The average molecular weight is 891 g/mol. The fourth-order valence-electron chi connectivity index (χ4n) is 4.70. The van der Waals surface area contributed by atoms with Gasteiger partial charge in [0.1, 0.15) is 31.5 Å². The largest absolute Gasteiger partial charge is 0.472 e. The predicted molar refractivity (Wildman–Crippen MR) is 233 cm³/mol. The van der Waals surface area contributed by atoms with Gasteiger partial charge < -0.3 is 34.6 Å². The summed E-state index contributed by atoms with van der Waals surface area (Å²) in [6, 6.07) is 0. The lowest BCUT2D eigenvalue weighted by molar-refractivity contribution is -0.148. The molecule has 5 N–H and O–H groups in total. The molecule has 0 saturated carbocycles. The fraction of sp³-hybridized carbons (Fsp3) is 0.628. The van der Waals surface area contributed by atoms with Gasteiger partial charge in [-0.25, -0.2) is 9.13 Å². The minimum Gasteiger partial charge on any atom is -0.463 e. The molecule has 15 nitrogen and oxygen atoms in total. The number of allylic oxidation sites excluding steroid dienone is 14. The molecule has 0 rings (SSSR count). The van der Waals surface area contributed by atoms with Gasteiger partial charge in [-0.2, -0.15) is 0 Å². The van der Waals surface area contributed by atoms with E-state index in [9.17, 15) is 43.8 Å². The van der Waals surface area contributed by atoms with Crippen molar-refractivity contribution in [3.63, 3.8) is 0 Å². The molecule has 0 aliphatic carbocycles. The number of hydrogen-bond acceptors (Lipinski definition) is 13. The zero-order valence-corrected chi connectivity index (χ0v) is 37.4. The second kappa shape index (κ2) is 39.1. The Labute approximate surface area is 357 Å². The Hall–Kier alpha value is -2.78. The van der Waals surface area contributed by atoms with Crippen LogP contribution in [-0.2, 0) is 46.3 Å². The minimum absolute atomic E-state index is 0.0863. The molecule has 0 radical (unpaired) electrons. The molecule has 0 spiro atoms. The third kappa shape index (κ3) is 40.6. The maximum Gasteiger partial charge on any atom is 0.472 e. The van der Waals surface area contributed by atoms with E-state index in [0.717, 1.165) is 38.5 Å². The summed E-state index contributed by atoms with van der Waals surface area (Å²) < 4.78 is 52.7. The van der Waals surface area contributed by atoms with E-state index in [4.69, 9.17) is 9.47 Å². The molecule has 0 aromatic carbocycles. The van der Waals surface area contributed by atoms with E-state index in [1.807, 2.05) is 66.8 Å². The number of phosphoric acid groups is 2. The van der Waals surface area contributed by atoms with E-state index in [-0.39, 0.29) is 12.8 Å². The Morgan fingerprint density at radius 1 is 0.467 bits per heavy atom. The quantitative estimate of drug-likeness (QED) is 0.0128. The van der Waals surface area contributed by atoms with Crippen LogP contribution in [0.15, 0.2) is 85.1 Å². The maximum atomic E-state index is 12.1. The monoisotopic (exact) mass is 890 g/mol. The van der Waals surface area contributed by atoms with Crippen molar-refractivity contribution in [3.05, 3.63) is 85.1 Å². The molecule has 5 unspecified atom stereocenters. The molecule has 0 heterocycles. The molecular formula is C43H72O15P2. The van der Waals surface area contributed by atoms with E-state index < -0.39 is 85.5 Å². The number of rotatable bonds is 39. The zero-order chi connectivity index (χ0) is 44.6. The van der Waals surface area contributed by atoms with Crippen molar-refractivity contribution < 1.29 is 71.4 Å². The van der Waals surface area contributed by atoms with Gasteiger partial charge in [0, 0.05) is 12.8 Å². The van der Waals surface area contributed by atoms with Gasteiger partial charge in [-0.15, -0.1) is 0 Å². The van der Waals surface area contributed by atoms with Crippen LogP contribution in [0.2, 0.25) is 0 Å². The van der Waals surface area contributed by atoms with Crippen LogP contribution >= 0.6 is 15.6 Å². The van der Waals surface area contributed by atoms with Gasteiger partial charge >= 0.3 is 27.6 Å². The second-order valence-electron chi connectivity index (χ2n) is 13.7. The lowest BCUT2D eigenvalue weighted by Gasteiger charge is -2.19. The highest BCUT2D eigenvalue weighted by atomic mass is 31.2. The van der Waals surface area contributed by atoms with Crippen LogP contribution in [0, 0.1) is 0 Å². The molecule has 5 atom stereocenters. The van der Waals surface area contributed by atoms with Crippen molar-refractivity contribution in [2.45, 2.75) is 135 Å². The molecule has 0 aromatic heterocycles. The highest BCUT2D eigenvalue weighted by Crippen LogP contribution is 2.45. The summed E-state index contributed by atoms with van der Waals surface area (Å²) in [6.07, 6.45) is 37.5. The van der Waals surface area contributed by atoms with Crippen LogP contribution in [0.1, 0.15) is 117 Å². The van der Waals surface area contributed by atoms with E-state index in [1.54, 1.807) is 0 Å². The first-order valence-electron chi connectivity index (χ1n) is 21.0. The first kappa shape index (κ1) is 57.2. The molecule has 344 valence electrons. The van der Waals surface area contributed by atoms with Gasteiger partial charge in [0.15, 0.2) is 0 Å². The third-order valence-corrected chi connectivity index (χ3v) is 9.88. The van der Waals surface area contributed by atoms with Crippen LogP contribution < -0.4 is 0 Å². The van der Waals surface area contributed by atoms with Crippen molar-refractivity contribution in [2.24, 2.45) is 0 Å². The molecule has 0 fully saturated rings. The summed E-state index contributed by atoms with van der Waals surface area (Å²) in [5.74, 6) is -1.11. The van der Waals surface area contributed by atoms with E-state index in [0.29, 0.717) is 12.8 Å². The average Bonchev–Trinajstić information content (AvgIpc) is 3.22. The van der Waals surface area contributed by atoms with Crippen LogP contribution in [0.4, 0.5) is 0 Å².